The zero-order valence-electron chi connectivity index (χ0n) is 8.90. The van der Waals surface area contributed by atoms with Crippen LogP contribution in [0, 0.1) is 5.82 Å². The molecule has 86 valence electrons. The molecular weight excluding hydrogens is 213 g/mol. The Morgan fingerprint density at radius 1 is 1.44 bits per heavy atom. The van der Waals surface area contributed by atoms with Gasteiger partial charge in [0.1, 0.15) is 11.6 Å². The highest BCUT2D eigenvalue weighted by Crippen LogP contribution is 2.05. The van der Waals surface area contributed by atoms with Crippen molar-refractivity contribution in [1.29, 1.82) is 0 Å². The number of hydrogen-bond acceptors (Lipinski definition) is 4. The van der Waals surface area contributed by atoms with Gasteiger partial charge in [-0.1, -0.05) is 0 Å². The van der Waals surface area contributed by atoms with Crippen molar-refractivity contribution in [1.82, 2.24) is 4.98 Å². The number of ketones is 2. The Hall–Kier alpha value is -1.62. The second kappa shape index (κ2) is 6.07. The van der Waals surface area contributed by atoms with E-state index in [0.29, 0.717) is 0 Å². The fourth-order valence-electron chi connectivity index (χ4n) is 1.15. The molecule has 1 aromatic heterocycles. The maximum Gasteiger partial charge on any atom is 0.171 e. The van der Waals surface area contributed by atoms with E-state index in [0.717, 1.165) is 12.3 Å². The van der Waals surface area contributed by atoms with E-state index in [1.54, 1.807) is 0 Å². The molecule has 0 atom stereocenters. The van der Waals surface area contributed by atoms with Gasteiger partial charge in [0.25, 0.3) is 0 Å². The topological polar surface area (TPSA) is 56.3 Å². The van der Waals surface area contributed by atoms with E-state index in [4.69, 9.17) is 4.74 Å². The van der Waals surface area contributed by atoms with Crippen LogP contribution in [0.4, 0.5) is 4.39 Å². The highest BCUT2D eigenvalue weighted by molar-refractivity contribution is 6.07. The Kier molecular flexibility index (Phi) is 4.72. The molecule has 5 heteroatoms. The van der Waals surface area contributed by atoms with Gasteiger partial charge in [0, 0.05) is 25.3 Å². The minimum atomic E-state index is -0.588. The lowest BCUT2D eigenvalue weighted by atomic mass is 10.1. The van der Waals surface area contributed by atoms with Gasteiger partial charge < -0.3 is 4.74 Å². The minimum Gasteiger partial charge on any atom is -0.384 e. The zero-order valence-corrected chi connectivity index (χ0v) is 8.90. The monoisotopic (exact) mass is 225 g/mol. The minimum absolute atomic E-state index is 0.116. The van der Waals surface area contributed by atoms with Crippen LogP contribution in [0.1, 0.15) is 23.2 Å². The Bertz CT molecular complexity index is 393. The summed E-state index contributed by atoms with van der Waals surface area (Å²) in [6.45, 7) is 0.285. The number of aromatic nitrogens is 1. The van der Waals surface area contributed by atoms with Crippen molar-refractivity contribution in [3.05, 3.63) is 29.8 Å². The van der Waals surface area contributed by atoms with Crippen molar-refractivity contribution < 1.29 is 18.7 Å². The summed E-state index contributed by atoms with van der Waals surface area (Å²) < 4.78 is 17.5. The van der Waals surface area contributed by atoms with Crippen LogP contribution in [0.3, 0.4) is 0 Å². The second-order valence-electron chi connectivity index (χ2n) is 3.27. The molecule has 0 N–H and O–H groups in total. The number of hydrogen-bond donors (Lipinski definition) is 0. The molecule has 1 aromatic rings. The number of rotatable bonds is 6. The number of Topliss-reactive ketones (excluding diaryl/α,β-unsaturated/α-hetero) is 2. The molecule has 1 heterocycles. The Morgan fingerprint density at radius 2 is 2.19 bits per heavy atom. The number of carbonyl (C=O) groups is 2. The Morgan fingerprint density at radius 3 is 2.81 bits per heavy atom. The largest absolute Gasteiger partial charge is 0.384 e. The lowest BCUT2D eigenvalue weighted by Gasteiger charge is -2.00. The van der Waals surface area contributed by atoms with Gasteiger partial charge in [-0.05, 0) is 6.07 Å². The van der Waals surface area contributed by atoms with E-state index < -0.39 is 11.6 Å². The fraction of sp³-hybridized carbons (Fsp3) is 0.364. The first-order chi connectivity index (χ1) is 7.63. The normalized spacial score (nSPS) is 10.1. The fourth-order valence-corrected chi connectivity index (χ4v) is 1.15. The molecule has 0 fully saturated rings. The molecule has 0 saturated carbocycles. The SMILES string of the molecule is COCCC(=O)CC(=O)c1cncc(F)c1. The molecule has 0 radical (unpaired) electrons. The molecule has 0 aromatic carbocycles. The number of pyridine rings is 1. The van der Waals surface area contributed by atoms with Gasteiger partial charge in [0.15, 0.2) is 5.78 Å². The van der Waals surface area contributed by atoms with Crippen molar-refractivity contribution in [3.63, 3.8) is 0 Å². The molecule has 0 bridgehead atoms. The number of ether oxygens (including phenoxy) is 1. The Labute approximate surface area is 92.4 Å². The summed E-state index contributed by atoms with van der Waals surface area (Å²) in [4.78, 5) is 26.3. The van der Waals surface area contributed by atoms with E-state index in [1.807, 2.05) is 0 Å². The van der Waals surface area contributed by atoms with Crippen LogP contribution in [0.15, 0.2) is 18.5 Å². The van der Waals surface area contributed by atoms with Crippen LogP contribution in [-0.4, -0.2) is 30.3 Å². The maximum absolute atomic E-state index is 12.7. The number of methoxy groups -OCH3 is 1. The van der Waals surface area contributed by atoms with E-state index in [9.17, 15) is 14.0 Å². The van der Waals surface area contributed by atoms with Gasteiger partial charge in [0.2, 0.25) is 0 Å². The predicted octanol–water partition coefficient (Wildman–Crippen LogP) is 1.40. The van der Waals surface area contributed by atoms with Crippen LogP contribution in [0.5, 0.6) is 0 Å². The molecule has 0 aliphatic carbocycles. The highest BCUT2D eigenvalue weighted by atomic mass is 19.1. The Balaban J connectivity index is 2.55. The van der Waals surface area contributed by atoms with Crippen LogP contribution in [0.25, 0.3) is 0 Å². The van der Waals surface area contributed by atoms with Crippen molar-refractivity contribution in [2.24, 2.45) is 0 Å². The lowest BCUT2D eigenvalue weighted by Crippen LogP contribution is -2.10. The van der Waals surface area contributed by atoms with Gasteiger partial charge in [-0.25, -0.2) is 4.39 Å². The van der Waals surface area contributed by atoms with E-state index in [-0.39, 0.29) is 30.8 Å². The van der Waals surface area contributed by atoms with E-state index in [1.165, 1.54) is 13.3 Å². The van der Waals surface area contributed by atoms with Crippen molar-refractivity contribution >= 4 is 11.6 Å². The van der Waals surface area contributed by atoms with Crippen molar-refractivity contribution in [2.75, 3.05) is 13.7 Å². The van der Waals surface area contributed by atoms with Gasteiger partial charge in [-0.15, -0.1) is 0 Å². The molecule has 16 heavy (non-hydrogen) atoms. The summed E-state index contributed by atoms with van der Waals surface area (Å²) >= 11 is 0. The summed E-state index contributed by atoms with van der Waals surface area (Å²) in [6, 6.07) is 1.07. The van der Waals surface area contributed by atoms with Crippen LogP contribution >= 0.6 is 0 Å². The quantitative estimate of drug-likeness (QED) is 0.542. The number of nitrogens with zero attached hydrogens (tertiary/aromatic N) is 1. The molecule has 1 rings (SSSR count). The molecule has 0 unspecified atom stereocenters. The zero-order chi connectivity index (χ0) is 12.0. The average Bonchev–Trinajstić information content (AvgIpc) is 2.26. The van der Waals surface area contributed by atoms with Crippen LogP contribution in [-0.2, 0) is 9.53 Å². The summed E-state index contributed by atoms with van der Waals surface area (Å²) in [6.07, 6.45) is 2.19. The molecule has 4 nitrogen and oxygen atoms in total. The molecule has 0 amide bonds. The third kappa shape index (κ3) is 3.86. The molecule has 0 aliphatic rings. The van der Waals surface area contributed by atoms with Crippen LogP contribution < -0.4 is 0 Å². The van der Waals surface area contributed by atoms with E-state index >= 15 is 0 Å². The summed E-state index contributed by atoms with van der Waals surface area (Å²) in [5.74, 6) is -1.24. The molecule has 0 saturated heterocycles. The summed E-state index contributed by atoms with van der Waals surface area (Å²) in [5, 5.41) is 0. The average molecular weight is 225 g/mol. The third-order valence-corrected chi connectivity index (χ3v) is 1.97. The maximum atomic E-state index is 12.7. The van der Waals surface area contributed by atoms with Gasteiger partial charge >= 0.3 is 0 Å². The standard InChI is InChI=1S/C11H12FNO3/c1-16-3-2-10(14)5-11(15)8-4-9(12)7-13-6-8/h4,6-7H,2-3,5H2,1H3. The van der Waals surface area contributed by atoms with E-state index in [2.05, 4.69) is 4.98 Å². The second-order valence-corrected chi connectivity index (χ2v) is 3.27. The van der Waals surface area contributed by atoms with Crippen LogP contribution in [0.2, 0.25) is 0 Å². The smallest absolute Gasteiger partial charge is 0.171 e. The lowest BCUT2D eigenvalue weighted by molar-refractivity contribution is -0.119. The van der Waals surface area contributed by atoms with Gasteiger partial charge in [-0.2, -0.15) is 0 Å². The van der Waals surface area contributed by atoms with Gasteiger partial charge in [0.05, 0.1) is 19.2 Å². The van der Waals surface area contributed by atoms with Crippen molar-refractivity contribution in [3.8, 4) is 0 Å². The highest BCUT2D eigenvalue weighted by Gasteiger charge is 2.12. The first-order valence-electron chi connectivity index (χ1n) is 4.78. The third-order valence-electron chi connectivity index (χ3n) is 1.97. The molecule has 0 spiro atoms. The van der Waals surface area contributed by atoms with Gasteiger partial charge in [-0.3, -0.25) is 14.6 Å². The summed E-state index contributed by atoms with van der Waals surface area (Å²) in [5.41, 5.74) is 0.116. The van der Waals surface area contributed by atoms with Crippen molar-refractivity contribution in [2.45, 2.75) is 12.8 Å². The number of halogens is 1. The number of carbonyl (C=O) groups excluding carboxylic acids is 2. The molecule has 0 aliphatic heterocycles. The first kappa shape index (κ1) is 12.4. The predicted molar refractivity (Wildman–Crippen MR) is 54.6 cm³/mol. The molecular formula is C11H12FNO3. The first-order valence-corrected chi connectivity index (χ1v) is 4.78. The summed E-state index contributed by atoms with van der Waals surface area (Å²) in [7, 11) is 1.48.